The van der Waals surface area contributed by atoms with Crippen molar-refractivity contribution in [3.63, 3.8) is 0 Å². The minimum absolute atomic E-state index is 0.0511. The molecule has 0 aromatic heterocycles. The molecule has 1 aromatic rings. The molecule has 0 saturated carbocycles. The zero-order chi connectivity index (χ0) is 18.4. The molecule has 1 aliphatic heterocycles. The number of ether oxygens (including phenoxy) is 2. The molecular weight excluding hydrogens is 339 g/mol. The first-order valence-corrected chi connectivity index (χ1v) is 7.89. The van der Waals surface area contributed by atoms with Gasteiger partial charge in [-0.1, -0.05) is 12.1 Å². The van der Waals surface area contributed by atoms with E-state index in [0.29, 0.717) is 31.4 Å². The van der Waals surface area contributed by atoms with Crippen molar-refractivity contribution < 1.29 is 32.5 Å². The molecule has 1 heterocycles. The minimum atomic E-state index is -4.40. The molecule has 0 aliphatic carbocycles. The summed E-state index contributed by atoms with van der Waals surface area (Å²) in [4.78, 5) is 11.4. The number of benzene rings is 1. The molecule has 0 saturated heterocycles. The quantitative estimate of drug-likeness (QED) is 0.734. The number of allylic oxidation sites excluding steroid dienone is 1. The number of carbonyl (C=O) groups excluding carboxylic acids is 1. The lowest BCUT2D eigenvalue weighted by Crippen LogP contribution is -2.29. The highest BCUT2D eigenvalue weighted by Crippen LogP contribution is 2.34. The second kappa shape index (κ2) is 8.35. The van der Waals surface area contributed by atoms with E-state index < -0.39 is 23.9 Å². The zero-order valence-corrected chi connectivity index (χ0v) is 13.5. The third-order valence-corrected chi connectivity index (χ3v) is 3.82. The van der Waals surface area contributed by atoms with E-state index in [1.807, 2.05) is 0 Å². The Kier molecular flexibility index (Phi) is 6.44. The normalized spacial score (nSPS) is 20.7. The predicted molar refractivity (Wildman–Crippen MR) is 83.2 cm³/mol. The zero-order valence-electron chi connectivity index (χ0n) is 13.5. The Bertz CT molecular complexity index is 613. The van der Waals surface area contributed by atoms with E-state index in [1.54, 1.807) is 0 Å². The maximum Gasteiger partial charge on any atom is 0.416 e. The molecule has 0 radical (unpaired) electrons. The summed E-state index contributed by atoms with van der Waals surface area (Å²) in [7, 11) is 0. The SMILES string of the molecule is NC(=O)C1=C[C@@H](c2ccc(C(F)(F)F)cc2)C[C@@H](OCCCCO)O1. The number of carbonyl (C=O) groups is 1. The monoisotopic (exact) mass is 359 g/mol. The second-order valence-electron chi connectivity index (χ2n) is 5.71. The molecule has 1 aromatic carbocycles. The summed E-state index contributed by atoms with van der Waals surface area (Å²) in [6.07, 6.45) is -2.08. The van der Waals surface area contributed by atoms with Crippen LogP contribution in [0.25, 0.3) is 0 Å². The average Bonchev–Trinajstić information content (AvgIpc) is 2.58. The van der Waals surface area contributed by atoms with Crippen LogP contribution in [0.15, 0.2) is 36.1 Å². The largest absolute Gasteiger partial charge is 0.459 e. The van der Waals surface area contributed by atoms with Crippen molar-refractivity contribution in [2.75, 3.05) is 13.2 Å². The number of amides is 1. The number of halogens is 3. The van der Waals surface area contributed by atoms with Gasteiger partial charge < -0.3 is 20.3 Å². The van der Waals surface area contributed by atoms with Crippen molar-refractivity contribution in [1.82, 2.24) is 0 Å². The van der Waals surface area contributed by atoms with E-state index in [2.05, 4.69) is 0 Å². The van der Waals surface area contributed by atoms with E-state index in [4.69, 9.17) is 20.3 Å². The standard InChI is InChI=1S/C17H20F3NO4/c18-17(19,20)13-5-3-11(4-6-13)12-9-14(16(21)23)25-15(10-12)24-8-2-1-7-22/h3-6,9,12,15,22H,1-2,7-8,10H2,(H2,21,23)/t12-,15+/m1/s1. The number of primary amides is 1. The smallest absolute Gasteiger partial charge is 0.416 e. The van der Waals surface area contributed by atoms with Crippen LogP contribution in [0.3, 0.4) is 0 Å². The molecule has 2 atom stereocenters. The molecule has 0 fully saturated rings. The van der Waals surface area contributed by atoms with Gasteiger partial charge in [0.25, 0.3) is 5.91 Å². The number of aliphatic hydroxyl groups excluding tert-OH is 1. The van der Waals surface area contributed by atoms with E-state index in [1.165, 1.54) is 18.2 Å². The number of nitrogens with two attached hydrogens (primary N) is 1. The maximum absolute atomic E-state index is 12.7. The fraction of sp³-hybridized carbons (Fsp3) is 0.471. The minimum Gasteiger partial charge on any atom is -0.459 e. The van der Waals surface area contributed by atoms with E-state index in [0.717, 1.165) is 12.1 Å². The van der Waals surface area contributed by atoms with Crippen molar-refractivity contribution in [3.05, 3.63) is 47.2 Å². The van der Waals surface area contributed by atoms with Gasteiger partial charge in [-0.15, -0.1) is 0 Å². The van der Waals surface area contributed by atoms with Crippen molar-refractivity contribution in [1.29, 1.82) is 0 Å². The van der Waals surface area contributed by atoms with Crippen LogP contribution in [0.4, 0.5) is 13.2 Å². The van der Waals surface area contributed by atoms with E-state index >= 15 is 0 Å². The van der Waals surface area contributed by atoms with Crippen molar-refractivity contribution >= 4 is 5.91 Å². The summed E-state index contributed by atoms with van der Waals surface area (Å²) in [5.74, 6) is -1.18. The molecule has 0 spiro atoms. The maximum atomic E-state index is 12.7. The molecule has 138 valence electrons. The Hall–Kier alpha value is -2.06. The van der Waals surface area contributed by atoms with Crippen LogP contribution in [-0.4, -0.2) is 30.5 Å². The molecule has 8 heteroatoms. The number of hydrogen-bond acceptors (Lipinski definition) is 4. The van der Waals surface area contributed by atoms with Crippen LogP contribution in [0.1, 0.15) is 36.3 Å². The lowest BCUT2D eigenvalue weighted by Gasteiger charge is -2.29. The second-order valence-corrected chi connectivity index (χ2v) is 5.71. The Labute approximate surface area is 143 Å². The number of aliphatic hydroxyl groups is 1. The van der Waals surface area contributed by atoms with Crippen LogP contribution >= 0.6 is 0 Å². The molecule has 3 N–H and O–H groups in total. The van der Waals surface area contributed by atoms with Gasteiger partial charge in [-0.2, -0.15) is 13.2 Å². The van der Waals surface area contributed by atoms with Crippen molar-refractivity contribution in [3.8, 4) is 0 Å². The van der Waals surface area contributed by atoms with Gasteiger partial charge in [0, 0.05) is 18.9 Å². The first-order chi connectivity index (χ1) is 11.8. The van der Waals surface area contributed by atoms with E-state index in [-0.39, 0.29) is 18.3 Å². The molecule has 25 heavy (non-hydrogen) atoms. The third-order valence-electron chi connectivity index (χ3n) is 3.82. The Morgan fingerprint density at radius 2 is 1.96 bits per heavy atom. The van der Waals surface area contributed by atoms with Gasteiger partial charge in [0.15, 0.2) is 5.76 Å². The Balaban J connectivity index is 2.11. The van der Waals surface area contributed by atoms with Gasteiger partial charge in [0.05, 0.1) is 12.2 Å². The van der Waals surface area contributed by atoms with Gasteiger partial charge in [-0.3, -0.25) is 4.79 Å². The highest BCUT2D eigenvalue weighted by Gasteiger charge is 2.31. The molecule has 1 amide bonds. The predicted octanol–water partition coefficient (Wildman–Crippen LogP) is 2.69. The first-order valence-electron chi connectivity index (χ1n) is 7.89. The summed E-state index contributed by atoms with van der Waals surface area (Å²) in [6.45, 7) is 0.381. The van der Waals surface area contributed by atoms with Gasteiger partial charge >= 0.3 is 6.18 Å². The average molecular weight is 359 g/mol. The third kappa shape index (κ3) is 5.47. The Morgan fingerprint density at radius 3 is 2.52 bits per heavy atom. The first kappa shape index (κ1) is 19.3. The van der Waals surface area contributed by atoms with Crippen molar-refractivity contribution in [2.45, 2.75) is 37.6 Å². The highest BCUT2D eigenvalue weighted by atomic mass is 19.4. The molecule has 2 rings (SSSR count). The number of unbranched alkanes of at least 4 members (excludes halogenated alkanes) is 1. The van der Waals surface area contributed by atoms with Crippen LogP contribution in [-0.2, 0) is 20.4 Å². The number of rotatable bonds is 7. The summed E-state index contributed by atoms with van der Waals surface area (Å²) in [5.41, 5.74) is 5.13. The lowest BCUT2D eigenvalue weighted by atomic mass is 9.92. The molecule has 0 unspecified atom stereocenters. The summed E-state index contributed by atoms with van der Waals surface area (Å²) in [6, 6.07) is 4.74. The topological polar surface area (TPSA) is 81.8 Å². The van der Waals surface area contributed by atoms with E-state index in [9.17, 15) is 18.0 Å². The summed E-state index contributed by atoms with van der Waals surface area (Å²) < 4.78 is 48.9. The lowest BCUT2D eigenvalue weighted by molar-refractivity contribution is -0.144. The van der Waals surface area contributed by atoms with Crippen LogP contribution in [0.5, 0.6) is 0 Å². The van der Waals surface area contributed by atoms with Crippen LogP contribution in [0.2, 0.25) is 0 Å². The van der Waals surface area contributed by atoms with Gasteiger partial charge in [-0.25, -0.2) is 0 Å². The number of alkyl halides is 3. The number of hydrogen-bond donors (Lipinski definition) is 2. The Morgan fingerprint density at radius 1 is 1.28 bits per heavy atom. The fourth-order valence-corrected chi connectivity index (χ4v) is 2.51. The van der Waals surface area contributed by atoms with Crippen LogP contribution < -0.4 is 5.73 Å². The molecular formula is C17H20F3NO4. The van der Waals surface area contributed by atoms with Crippen molar-refractivity contribution in [2.24, 2.45) is 5.73 Å². The van der Waals surface area contributed by atoms with Gasteiger partial charge in [-0.05, 0) is 36.6 Å². The van der Waals surface area contributed by atoms with Gasteiger partial charge in [0.1, 0.15) is 0 Å². The fourth-order valence-electron chi connectivity index (χ4n) is 2.51. The molecule has 1 aliphatic rings. The molecule has 5 nitrogen and oxygen atoms in total. The summed E-state index contributed by atoms with van der Waals surface area (Å²) >= 11 is 0. The summed E-state index contributed by atoms with van der Waals surface area (Å²) in [5, 5.41) is 8.75. The highest BCUT2D eigenvalue weighted by molar-refractivity contribution is 5.90. The van der Waals surface area contributed by atoms with Gasteiger partial charge in [0.2, 0.25) is 6.29 Å². The van der Waals surface area contributed by atoms with Crippen LogP contribution in [0, 0.1) is 0 Å². The molecule has 0 bridgehead atoms.